The van der Waals surface area contributed by atoms with E-state index in [1.165, 1.54) is 0 Å². The third-order valence-corrected chi connectivity index (χ3v) is 5.43. The number of nitrogens with zero attached hydrogens (tertiary/aromatic N) is 2. The van der Waals surface area contributed by atoms with Gasteiger partial charge in [0.15, 0.2) is 0 Å². The molecule has 0 atom stereocenters. The van der Waals surface area contributed by atoms with Crippen molar-refractivity contribution in [1.29, 1.82) is 0 Å². The number of benzene rings is 3. The molecule has 33 heavy (non-hydrogen) atoms. The highest BCUT2D eigenvalue weighted by atomic mass is 16.5. The summed E-state index contributed by atoms with van der Waals surface area (Å²) < 4.78 is 7.32. The molecule has 168 valence electrons. The highest BCUT2D eigenvalue weighted by Crippen LogP contribution is 2.09. The normalized spacial score (nSPS) is 10.9. The van der Waals surface area contributed by atoms with Crippen LogP contribution in [0.1, 0.15) is 29.5 Å². The molecular formula is C27H27N3O3. The molecule has 0 fully saturated rings. The van der Waals surface area contributed by atoms with E-state index in [2.05, 4.69) is 10.3 Å². The second-order valence-electron chi connectivity index (χ2n) is 7.94. The molecule has 4 aromatic rings. The van der Waals surface area contributed by atoms with Crippen molar-refractivity contribution in [1.82, 2.24) is 14.9 Å². The van der Waals surface area contributed by atoms with Gasteiger partial charge in [-0.1, -0.05) is 66.7 Å². The van der Waals surface area contributed by atoms with Crippen LogP contribution in [-0.4, -0.2) is 15.5 Å². The van der Waals surface area contributed by atoms with E-state index in [0.717, 1.165) is 16.7 Å². The van der Waals surface area contributed by atoms with Crippen molar-refractivity contribution in [3.8, 4) is 0 Å². The predicted molar refractivity (Wildman–Crippen MR) is 128 cm³/mol. The lowest BCUT2D eigenvalue weighted by Crippen LogP contribution is -2.24. The minimum Gasteiger partial charge on any atom is -0.372 e. The molecule has 0 spiro atoms. The summed E-state index contributed by atoms with van der Waals surface area (Å²) in [6.45, 7) is 2.06. The molecular weight excluding hydrogens is 414 g/mol. The molecule has 0 aliphatic carbocycles. The minimum atomic E-state index is -0.0751. The summed E-state index contributed by atoms with van der Waals surface area (Å²) >= 11 is 0. The third kappa shape index (κ3) is 6.37. The second kappa shape index (κ2) is 11.2. The van der Waals surface area contributed by atoms with Crippen LogP contribution in [0.3, 0.4) is 0 Å². The summed E-state index contributed by atoms with van der Waals surface area (Å²) in [5.74, 6) is -0.0351. The lowest BCUT2D eigenvalue weighted by molar-refractivity contribution is -0.121. The molecule has 1 amide bonds. The number of amides is 1. The van der Waals surface area contributed by atoms with Crippen molar-refractivity contribution in [2.24, 2.45) is 0 Å². The summed E-state index contributed by atoms with van der Waals surface area (Å²) in [5.41, 5.74) is 3.89. The lowest BCUT2D eigenvalue weighted by atomic mass is 10.1. The maximum atomic E-state index is 12.5. The Bertz CT molecular complexity index is 1250. The van der Waals surface area contributed by atoms with Gasteiger partial charge in [0.05, 0.1) is 30.4 Å². The van der Waals surface area contributed by atoms with Gasteiger partial charge >= 0.3 is 0 Å². The average Bonchev–Trinajstić information content (AvgIpc) is 2.86. The first-order valence-corrected chi connectivity index (χ1v) is 11.1. The van der Waals surface area contributed by atoms with E-state index < -0.39 is 0 Å². The van der Waals surface area contributed by atoms with Crippen molar-refractivity contribution >= 4 is 16.8 Å². The molecule has 1 heterocycles. The Morgan fingerprint density at radius 1 is 0.848 bits per heavy atom. The quantitative estimate of drug-likeness (QED) is 0.400. The lowest BCUT2D eigenvalue weighted by Gasteiger charge is -2.09. The first-order valence-electron chi connectivity index (χ1n) is 11.1. The second-order valence-corrected chi connectivity index (χ2v) is 7.94. The number of carbonyl (C=O) groups excluding carboxylic acids is 1. The maximum Gasteiger partial charge on any atom is 0.261 e. The molecule has 0 aliphatic heterocycles. The molecule has 0 aliphatic rings. The Hall–Kier alpha value is -3.77. The van der Waals surface area contributed by atoms with Crippen LogP contribution in [0.15, 0.2) is 90.0 Å². The number of nitrogens with one attached hydrogen (secondary N) is 1. The van der Waals surface area contributed by atoms with Gasteiger partial charge in [0.2, 0.25) is 5.91 Å². The van der Waals surface area contributed by atoms with Gasteiger partial charge in [-0.2, -0.15) is 0 Å². The van der Waals surface area contributed by atoms with Crippen molar-refractivity contribution < 1.29 is 9.53 Å². The third-order valence-electron chi connectivity index (χ3n) is 5.43. The molecule has 0 unspecified atom stereocenters. The molecule has 0 bridgehead atoms. The number of rotatable bonds is 10. The fourth-order valence-corrected chi connectivity index (χ4v) is 3.58. The van der Waals surface area contributed by atoms with Crippen LogP contribution in [0.4, 0.5) is 0 Å². The fourth-order valence-electron chi connectivity index (χ4n) is 3.58. The van der Waals surface area contributed by atoms with E-state index in [-0.39, 0.29) is 11.5 Å². The SMILES string of the molecule is O=C(CCCn1cnc2ccccc2c1=O)NCc1ccc(COCc2ccccc2)cc1. The van der Waals surface area contributed by atoms with Gasteiger partial charge in [0, 0.05) is 19.5 Å². The molecule has 4 rings (SSSR count). The summed E-state index contributed by atoms with van der Waals surface area (Å²) in [6, 6.07) is 25.4. The Morgan fingerprint density at radius 3 is 2.30 bits per heavy atom. The van der Waals surface area contributed by atoms with E-state index in [0.29, 0.717) is 50.0 Å². The molecule has 0 radical (unpaired) electrons. The highest BCUT2D eigenvalue weighted by Gasteiger charge is 2.06. The Morgan fingerprint density at radius 2 is 1.52 bits per heavy atom. The molecule has 0 saturated heterocycles. The van der Waals surface area contributed by atoms with Crippen LogP contribution >= 0.6 is 0 Å². The van der Waals surface area contributed by atoms with Crippen LogP contribution in [0.2, 0.25) is 0 Å². The zero-order valence-corrected chi connectivity index (χ0v) is 18.4. The highest BCUT2D eigenvalue weighted by molar-refractivity contribution is 5.77. The maximum absolute atomic E-state index is 12.5. The number of ether oxygens (including phenoxy) is 1. The topological polar surface area (TPSA) is 73.2 Å². The summed E-state index contributed by atoms with van der Waals surface area (Å²) in [6.07, 6.45) is 2.47. The zero-order chi connectivity index (χ0) is 22.9. The van der Waals surface area contributed by atoms with Crippen molar-refractivity contribution in [2.75, 3.05) is 0 Å². The number of para-hydroxylation sites is 1. The molecule has 3 aromatic carbocycles. The van der Waals surface area contributed by atoms with Crippen LogP contribution in [-0.2, 0) is 35.8 Å². The van der Waals surface area contributed by atoms with Crippen LogP contribution < -0.4 is 10.9 Å². The van der Waals surface area contributed by atoms with Crippen LogP contribution in [0.5, 0.6) is 0 Å². The number of aryl methyl sites for hydroxylation is 1. The number of carbonyl (C=O) groups is 1. The molecule has 6 heteroatoms. The Balaban J connectivity index is 1.17. The number of hydrogen-bond acceptors (Lipinski definition) is 4. The minimum absolute atomic E-state index is 0.0351. The Labute approximate surface area is 192 Å². The van der Waals surface area contributed by atoms with Gasteiger partial charge in [-0.25, -0.2) is 4.98 Å². The van der Waals surface area contributed by atoms with Crippen molar-refractivity contribution in [2.45, 2.75) is 39.1 Å². The number of hydrogen-bond donors (Lipinski definition) is 1. The molecule has 1 N–H and O–H groups in total. The van der Waals surface area contributed by atoms with E-state index in [4.69, 9.17) is 4.74 Å². The van der Waals surface area contributed by atoms with Gasteiger partial charge < -0.3 is 10.1 Å². The molecule has 1 aromatic heterocycles. The monoisotopic (exact) mass is 441 g/mol. The Kier molecular flexibility index (Phi) is 7.61. The summed E-state index contributed by atoms with van der Waals surface area (Å²) in [4.78, 5) is 29.0. The van der Waals surface area contributed by atoms with Crippen LogP contribution in [0.25, 0.3) is 10.9 Å². The average molecular weight is 442 g/mol. The first-order chi connectivity index (χ1) is 16.2. The van der Waals surface area contributed by atoms with Gasteiger partial charge in [-0.3, -0.25) is 14.2 Å². The summed E-state index contributed by atoms with van der Waals surface area (Å²) in [7, 11) is 0. The van der Waals surface area contributed by atoms with Gasteiger partial charge in [0.25, 0.3) is 5.56 Å². The zero-order valence-electron chi connectivity index (χ0n) is 18.4. The smallest absolute Gasteiger partial charge is 0.261 e. The van der Waals surface area contributed by atoms with Crippen LogP contribution in [0, 0.1) is 0 Å². The predicted octanol–water partition coefficient (Wildman–Crippen LogP) is 4.21. The number of fused-ring (bicyclic) bond motifs is 1. The number of aromatic nitrogens is 2. The van der Waals surface area contributed by atoms with Gasteiger partial charge in [-0.05, 0) is 35.2 Å². The van der Waals surface area contributed by atoms with E-state index in [9.17, 15) is 9.59 Å². The fraction of sp³-hybridized carbons (Fsp3) is 0.222. The van der Waals surface area contributed by atoms with Crippen molar-refractivity contribution in [3.05, 3.63) is 112 Å². The molecule has 6 nitrogen and oxygen atoms in total. The van der Waals surface area contributed by atoms with E-state index in [1.54, 1.807) is 17.0 Å². The van der Waals surface area contributed by atoms with E-state index >= 15 is 0 Å². The standard InChI is InChI=1S/C27H27N3O3/c31-26(11-6-16-30-20-29-25-10-5-4-9-24(25)27(30)32)28-17-21-12-14-23(15-13-21)19-33-18-22-7-2-1-3-8-22/h1-5,7-10,12-15,20H,6,11,16-19H2,(H,28,31). The molecule has 0 saturated carbocycles. The van der Waals surface area contributed by atoms with E-state index in [1.807, 2.05) is 72.8 Å². The summed E-state index contributed by atoms with van der Waals surface area (Å²) in [5, 5.41) is 3.54. The van der Waals surface area contributed by atoms with Gasteiger partial charge in [0.1, 0.15) is 0 Å². The largest absolute Gasteiger partial charge is 0.372 e. The first kappa shape index (κ1) is 22.4. The van der Waals surface area contributed by atoms with Crippen molar-refractivity contribution in [3.63, 3.8) is 0 Å². The van der Waals surface area contributed by atoms with Gasteiger partial charge in [-0.15, -0.1) is 0 Å².